The molecule has 2 bridgehead atoms. The molecule has 1 aromatic rings. The highest BCUT2D eigenvalue weighted by Gasteiger charge is 2.52. The largest absolute Gasteiger partial charge is 0.399 e. The summed E-state index contributed by atoms with van der Waals surface area (Å²) < 4.78 is 0. The Morgan fingerprint density at radius 1 is 1.26 bits per heavy atom. The van der Waals surface area contributed by atoms with Crippen molar-refractivity contribution < 1.29 is 0 Å². The number of nitrogens with zero attached hydrogens (tertiary/aromatic N) is 1. The highest BCUT2D eigenvalue weighted by atomic mass is 15.1. The summed E-state index contributed by atoms with van der Waals surface area (Å²) in [5, 5.41) is 0. The second-order valence-electron chi connectivity index (χ2n) is 6.93. The zero-order chi connectivity index (χ0) is 13.0. The second-order valence-corrected chi connectivity index (χ2v) is 6.93. The molecule has 2 nitrogen and oxygen atoms in total. The molecule has 1 aromatic carbocycles. The summed E-state index contributed by atoms with van der Waals surface area (Å²) in [6, 6.07) is 7.46. The molecule has 0 spiro atoms. The maximum absolute atomic E-state index is 6.09. The summed E-state index contributed by atoms with van der Waals surface area (Å²) in [6.07, 6.45) is 8.21. The van der Waals surface area contributed by atoms with Crippen molar-refractivity contribution in [3.63, 3.8) is 0 Å². The van der Waals surface area contributed by atoms with Gasteiger partial charge in [-0.05, 0) is 68.5 Å². The normalized spacial score (nSPS) is 37.5. The van der Waals surface area contributed by atoms with Crippen LogP contribution in [-0.2, 0) is 11.8 Å². The summed E-state index contributed by atoms with van der Waals surface area (Å²) in [5.74, 6) is 0.870. The molecule has 0 radical (unpaired) electrons. The van der Waals surface area contributed by atoms with Crippen LogP contribution in [-0.4, -0.2) is 24.5 Å². The summed E-state index contributed by atoms with van der Waals surface area (Å²) in [5.41, 5.74) is 10.7. The molecule has 0 amide bonds. The second kappa shape index (κ2) is 3.99. The number of anilines is 1. The molecule has 4 rings (SSSR count). The Hall–Kier alpha value is -1.02. The van der Waals surface area contributed by atoms with E-state index in [4.69, 9.17) is 5.73 Å². The molecular weight excluding hydrogens is 232 g/mol. The fourth-order valence-electron chi connectivity index (χ4n) is 5.21. The smallest absolute Gasteiger partial charge is 0.0317 e. The van der Waals surface area contributed by atoms with Crippen LogP contribution in [0.25, 0.3) is 0 Å². The van der Waals surface area contributed by atoms with Crippen LogP contribution < -0.4 is 5.73 Å². The van der Waals surface area contributed by atoms with Crippen molar-refractivity contribution in [3.05, 3.63) is 29.3 Å². The van der Waals surface area contributed by atoms with Gasteiger partial charge in [0.2, 0.25) is 0 Å². The van der Waals surface area contributed by atoms with Crippen molar-refractivity contribution in [2.24, 2.45) is 5.92 Å². The molecule has 2 aliphatic carbocycles. The number of hydrogen-bond acceptors (Lipinski definition) is 2. The van der Waals surface area contributed by atoms with E-state index in [1.165, 1.54) is 45.1 Å². The molecular formula is C17H24N2. The Morgan fingerprint density at radius 3 is 3.05 bits per heavy atom. The first-order chi connectivity index (χ1) is 9.21. The van der Waals surface area contributed by atoms with E-state index in [1.54, 1.807) is 11.1 Å². The Morgan fingerprint density at radius 2 is 2.16 bits per heavy atom. The highest BCUT2D eigenvalue weighted by molar-refractivity contribution is 5.51. The topological polar surface area (TPSA) is 29.3 Å². The van der Waals surface area contributed by atoms with E-state index in [-0.39, 0.29) is 0 Å². The van der Waals surface area contributed by atoms with Gasteiger partial charge in [-0.3, -0.25) is 0 Å². The third-order valence-electron chi connectivity index (χ3n) is 6.14. The van der Waals surface area contributed by atoms with E-state index in [2.05, 4.69) is 30.1 Å². The van der Waals surface area contributed by atoms with Crippen LogP contribution in [0, 0.1) is 5.92 Å². The predicted molar refractivity (Wildman–Crippen MR) is 79.2 cm³/mol. The molecule has 1 heterocycles. The third kappa shape index (κ3) is 1.53. The van der Waals surface area contributed by atoms with Crippen LogP contribution in [0.2, 0.25) is 0 Å². The molecule has 1 aliphatic heterocycles. The van der Waals surface area contributed by atoms with E-state index in [1.807, 2.05) is 0 Å². The molecule has 0 aromatic heterocycles. The van der Waals surface area contributed by atoms with Crippen molar-refractivity contribution in [2.45, 2.75) is 50.0 Å². The minimum Gasteiger partial charge on any atom is -0.399 e. The predicted octanol–water partition coefficient (Wildman–Crippen LogP) is 2.96. The van der Waals surface area contributed by atoms with Gasteiger partial charge in [-0.2, -0.15) is 0 Å². The number of likely N-dealkylation sites (N-methyl/N-ethyl adjacent to an activating group) is 1. The summed E-state index contributed by atoms with van der Waals surface area (Å²) >= 11 is 0. The summed E-state index contributed by atoms with van der Waals surface area (Å²) in [7, 11) is 2.32. The molecule has 3 aliphatic rings. The molecule has 102 valence electrons. The number of rotatable bonds is 0. The molecule has 1 saturated heterocycles. The van der Waals surface area contributed by atoms with Gasteiger partial charge in [-0.15, -0.1) is 0 Å². The van der Waals surface area contributed by atoms with Crippen LogP contribution in [0.1, 0.15) is 43.2 Å². The molecule has 3 atom stereocenters. The maximum Gasteiger partial charge on any atom is 0.0317 e. The van der Waals surface area contributed by atoms with Gasteiger partial charge in [0.15, 0.2) is 0 Å². The quantitative estimate of drug-likeness (QED) is 0.723. The molecule has 2 N–H and O–H groups in total. The van der Waals surface area contributed by atoms with Gasteiger partial charge in [0, 0.05) is 17.1 Å². The Labute approximate surface area is 116 Å². The number of benzene rings is 1. The van der Waals surface area contributed by atoms with Gasteiger partial charge in [-0.1, -0.05) is 18.9 Å². The van der Waals surface area contributed by atoms with E-state index >= 15 is 0 Å². The molecule has 2 heteroatoms. The molecule has 2 fully saturated rings. The van der Waals surface area contributed by atoms with Gasteiger partial charge < -0.3 is 10.6 Å². The van der Waals surface area contributed by atoms with Crippen LogP contribution in [0.3, 0.4) is 0 Å². The van der Waals surface area contributed by atoms with Crippen LogP contribution in [0.5, 0.6) is 0 Å². The number of nitrogens with two attached hydrogens (primary N) is 1. The Balaban J connectivity index is 1.90. The average Bonchev–Trinajstić information content (AvgIpc) is 2.43. The standard InChI is InChI=1S/C17H24N2/c1-19-9-8-17-7-3-2-4-14(17)16(19)10-12-5-6-13(18)11-15(12)17/h5-6,11,14,16H,2-4,7-10,18H2,1H3/t14-,16-,17-/m0/s1. The first-order valence-electron chi connectivity index (χ1n) is 7.80. The lowest BCUT2D eigenvalue weighted by atomic mass is 9.52. The number of likely N-dealkylation sites (tertiary alicyclic amines) is 1. The SMILES string of the molecule is CN1CC[C@@]23CCCC[C@H]2[C@@H]1Cc1ccc(N)cc13. The lowest BCUT2D eigenvalue weighted by Gasteiger charge is -2.58. The van der Waals surface area contributed by atoms with Gasteiger partial charge in [0.25, 0.3) is 0 Å². The van der Waals surface area contributed by atoms with Gasteiger partial charge in [0.05, 0.1) is 0 Å². The number of nitrogen functional groups attached to an aromatic ring is 1. The first-order valence-corrected chi connectivity index (χ1v) is 7.80. The monoisotopic (exact) mass is 256 g/mol. The van der Waals surface area contributed by atoms with Crippen molar-refractivity contribution in [1.29, 1.82) is 0 Å². The minimum atomic E-state index is 0.457. The lowest BCUT2D eigenvalue weighted by Crippen LogP contribution is -2.59. The Kier molecular flexibility index (Phi) is 2.47. The fourth-order valence-corrected chi connectivity index (χ4v) is 5.21. The van der Waals surface area contributed by atoms with Crippen LogP contribution in [0.15, 0.2) is 18.2 Å². The van der Waals surface area contributed by atoms with E-state index in [9.17, 15) is 0 Å². The van der Waals surface area contributed by atoms with E-state index < -0.39 is 0 Å². The summed E-state index contributed by atoms with van der Waals surface area (Å²) in [6.45, 7) is 1.26. The Bertz CT molecular complexity index is 510. The average molecular weight is 256 g/mol. The number of fused-ring (bicyclic) bond motifs is 1. The fraction of sp³-hybridized carbons (Fsp3) is 0.647. The zero-order valence-corrected chi connectivity index (χ0v) is 11.9. The third-order valence-corrected chi connectivity index (χ3v) is 6.14. The molecule has 1 saturated carbocycles. The van der Waals surface area contributed by atoms with E-state index in [0.717, 1.165) is 17.6 Å². The van der Waals surface area contributed by atoms with Crippen molar-refractivity contribution >= 4 is 5.69 Å². The van der Waals surface area contributed by atoms with Gasteiger partial charge in [0.1, 0.15) is 0 Å². The van der Waals surface area contributed by atoms with E-state index in [0.29, 0.717) is 5.41 Å². The van der Waals surface area contributed by atoms with Crippen molar-refractivity contribution in [2.75, 3.05) is 19.3 Å². The zero-order valence-electron chi connectivity index (χ0n) is 11.9. The molecule has 19 heavy (non-hydrogen) atoms. The molecule has 0 unspecified atom stereocenters. The highest BCUT2D eigenvalue weighted by Crippen LogP contribution is 2.55. The van der Waals surface area contributed by atoms with Gasteiger partial charge in [-0.25, -0.2) is 0 Å². The van der Waals surface area contributed by atoms with Crippen LogP contribution >= 0.6 is 0 Å². The van der Waals surface area contributed by atoms with Crippen molar-refractivity contribution in [1.82, 2.24) is 4.90 Å². The van der Waals surface area contributed by atoms with Crippen molar-refractivity contribution in [3.8, 4) is 0 Å². The minimum absolute atomic E-state index is 0.457. The van der Waals surface area contributed by atoms with Gasteiger partial charge >= 0.3 is 0 Å². The first kappa shape index (κ1) is 11.8. The maximum atomic E-state index is 6.09. The number of piperidine rings is 1. The summed E-state index contributed by atoms with van der Waals surface area (Å²) in [4.78, 5) is 2.62. The number of hydrogen-bond donors (Lipinski definition) is 1. The lowest BCUT2D eigenvalue weighted by molar-refractivity contribution is 0.00291. The van der Waals surface area contributed by atoms with Crippen LogP contribution in [0.4, 0.5) is 5.69 Å².